The van der Waals surface area contributed by atoms with Gasteiger partial charge in [0.2, 0.25) is 5.91 Å². The molecule has 3 rings (SSSR count). The number of anilines is 1. The Balaban J connectivity index is 1.96. The highest BCUT2D eigenvalue weighted by Crippen LogP contribution is 2.33. The number of halogens is 3. The number of ether oxygens (including phenoxy) is 1. The van der Waals surface area contributed by atoms with Crippen LogP contribution in [0.1, 0.15) is 36.1 Å². The van der Waals surface area contributed by atoms with E-state index < -0.39 is 40.3 Å². The minimum absolute atomic E-state index is 0.138. The second-order valence-corrected chi connectivity index (χ2v) is 10.0. The van der Waals surface area contributed by atoms with Crippen LogP contribution in [0.15, 0.2) is 77.7 Å². The number of amides is 1. The predicted octanol–water partition coefficient (Wildman–Crippen LogP) is 5.49. The van der Waals surface area contributed by atoms with Crippen LogP contribution in [0.4, 0.5) is 18.9 Å². The summed E-state index contributed by atoms with van der Waals surface area (Å²) in [4.78, 5) is 12.9. The smallest absolute Gasteiger partial charge is 0.416 e. The van der Waals surface area contributed by atoms with E-state index in [9.17, 15) is 26.4 Å². The zero-order chi connectivity index (χ0) is 26.5. The summed E-state index contributed by atoms with van der Waals surface area (Å²) in [5.41, 5.74) is 0.300. The fraction of sp³-hybridized carbons (Fsp3) is 0.269. The van der Waals surface area contributed by atoms with Gasteiger partial charge in [-0.25, -0.2) is 8.42 Å². The third-order valence-electron chi connectivity index (χ3n) is 5.62. The van der Waals surface area contributed by atoms with Crippen LogP contribution in [-0.2, 0) is 21.0 Å². The molecule has 6 nitrogen and oxygen atoms in total. The van der Waals surface area contributed by atoms with E-state index in [4.69, 9.17) is 4.74 Å². The van der Waals surface area contributed by atoms with Crippen molar-refractivity contribution in [2.24, 2.45) is 0 Å². The Morgan fingerprint density at radius 2 is 1.67 bits per heavy atom. The highest BCUT2D eigenvalue weighted by atomic mass is 32.2. The molecule has 0 saturated heterocycles. The summed E-state index contributed by atoms with van der Waals surface area (Å²) in [5.74, 6) is -0.0226. The van der Waals surface area contributed by atoms with Gasteiger partial charge >= 0.3 is 6.18 Å². The second-order valence-electron chi connectivity index (χ2n) is 8.17. The van der Waals surface area contributed by atoms with E-state index in [1.807, 2.05) is 6.92 Å². The molecule has 1 N–H and O–H groups in total. The minimum Gasteiger partial charge on any atom is -0.497 e. The van der Waals surface area contributed by atoms with Crippen LogP contribution in [0, 0.1) is 6.92 Å². The van der Waals surface area contributed by atoms with Gasteiger partial charge in [0.1, 0.15) is 12.3 Å². The van der Waals surface area contributed by atoms with E-state index in [1.165, 1.54) is 25.3 Å². The number of hydrogen-bond acceptors (Lipinski definition) is 4. The Labute approximate surface area is 208 Å². The van der Waals surface area contributed by atoms with Gasteiger partial charge in [-0.2, -0.15) is 13.2 Å². The lowest BCUT2D eigenvalue weighted by Crippen LogP contribution is -2.42. The van der Waals surface area contributed by atoms with E-state index >= 15 is 0 Å². The third-order valence-corrected chi connectivity index (χ3v) is 7.41. The molecule has 0 saturated carbocycles. The standard InChI is InChI=1S/C26H27F3N2O4S/c1-4-24(19-10-12-22(35-3)13-11-19)30-25(32)17-31(21-7-5-6-20(16-21)26(27,28)29)36(33,34)23-14-8-18(2)9-15-23/h5-16,24H,4,17H2,1-3H3,(H,30,32)/t24-/m1/s1. The molecule has 0 heterocycles. The SMILES string of the molecule is CC[C@@H](NC(=O)CN(c1cccc(C(F)(F)F)c1)S(=O)(=O)c1ccc(C)cc1)c1ccc(OC)cc1. The van der Waals surface area contributed by atoms with Gasteiger partial charge < -0.3 is 10.1 Å². The van der Waals surface area contributed by atoms with Crippen molar-refractivity contribution in [3.8, 4) is 5.75 Å². The van der Waals surface area contributed by atoms with Crippen LogP contribution in [0.25, 0.3) is 0 Å². The van der Waals surface area contributed by atoms with Crippen molar-refractivity contribution in [1.82, 2.24) is 5.32 Å². The monoisotopic (exact) mass is 520 g/mol. The van der Waals surface area contributed by atoms with Crippen LogP contribution >= 0.6 is 0 Å². The maximum Gasteiger partial charge on any atom is 0.416 e. The van der Waals surface area contributed by atoms with Crippen LogP contribution in [-0.4, -0.2) is 28.0 Å². The normalized spacial score (nSPS) is 12.6. The molecular formula is C26H27F3N2O4S. The average molecular weight is 521 g/mol. The number of sulfonamides is 1. The molecule has 0 radical (unpaired) electrons. The quantitative estimate of drug-likeness (QED) is 0.405. The van der Waals surface area contributed by atoms with Crippen molar-refractivity contribution in [3.05, 3.63) is 89.5 Å². The first-order chi connectivity index (χ1) is 17.0. The molecule has 3 aromatic rings. The van der Waals surface area contributed by atoms with Crippen LogP contribution < -0.4 is 14.4 Å². The van der Waals surface area contributed by atoms with Gasteiger partial charge in [0.15, 0.2) is 0 Å². The molecule has 36 heavy (non-hydrogen) atoms. The Hall–Kier alpha value is -3.53. The molecular weight excluding hydrogens is 493 g/mol. The molecule has 192 valence electrons. The summed E-state index contributed by atoms with van der Waals surface area (Å²) in [6, 6.07) is 16.4. The Morgan fingerprint density at radius 3 is 2.22 bits per heavy atom. The van der Waals surface area contributed by atoms with E-state index in [1.54, 1.807) is 43.3 Å². The largest absolute Gasteiger partial charge is 0.497 e. The molecule has 0 spiro atoms. The van der Waals surface area contributed by atoms with Gasteiger partial charge in [-0.15, -0.1) is 0 Å². The maximum atomic E-state index is 13.5. The lowest BCUT2D eigenvalue weighted by atomic mass is 10.0. The summed E-state index contributed by atoms with van der Waals surface area (Å²) in [5, 5.41) is 2.79. The number of alkyl halides is 3. The van der Waals surface area contributed by atoms with Crippen molar-refractivity contribution in [2.75, 3.05) is 18.0 Å². The Kier molecular flexibility index (Phi) is 8.29. The molecule has 0 aliphatic heterocycles. The first-order valence-corrected chi connectivity index (χ1v) is 12.6. The van der Waals surface area contributed by atoms with E-state index in [0.717, 1.165) is 29.3 Å². The van der Waals surface area contributed by atoms with E-state index in [-0.39, 0.29) is 10.6 Å². The molecule has 0 aliphatic rings. The number of rotatable bonds is 9. The van der Waals surface area contributed by atoms with Crippen molar-refractivity contribution < 1.29 is 31.1 Å². The number of benzene rings is 3. The average Bonchev–Trinajstić information content (AvgIpc) is 2.85. The minimum atomic E-state index is -4.68. The molecule has 0 bridgehead atoms. The molecule has 0 unspecified atom stereocenters. The van der Waals surface area contributed by atoms with E-state index in [2.05, 4.69) is 5.32 Å². The number of nitrogens with one attached hydrogen (secondary N) is 1. The first kappa shape index (κ1) is 27.1. The molecule has 0 fully saturated rings. The van der Waals surface area contributed by atoms with Gasteiger partial charge in [0.05, 0.1) is 29.3 Å². The molecule has 1 atom stereocenters. The fourth-order valence-electron chi connectivity index (χ4n) is 3.62. The predicted molar refractivity (Wildman–Crippen MR) is 131 cm³/mol. The lowest BCUT2D eigenvalue weighted by molar-refractivity contribution is -0.137. The second kappa shape index (κ2) is 11.0. The summed E-state index contributed by atoms with van der Waals surface area (Å²) < 4.78 is 72.9. The lowest BCUT2D eigenvalue weighted by Gasteiger charge is -2.26. The first-order valence-electron chi connectivity index (χ1n) is 11.2. The number of aryl methyl sites for hydroxylation is 1. The van der Waals surface area contributed by atoms with Gasteiger partial charge in [-0.05, 0) is 61.4 Å². The highest BCUT2D eigenvalue weighted by molar-refractivity contribution is 7.92. The highest BCUT2D eigenvalue weighted by Gasteiger charge is 2.33. The summed E-state index contributed by atoms with van der Waals surface area (Å²) in [6.45, 7) is 2.92. The summed E-state index contributed by atoms with van der Waals surface area (Å²) in [7, 11) is -2.82. The zero-order valence-corrected chi connectivity index (χ0v) is 20.9. The van der Waals surface area contributed by atoms with Crippen molar-refractivity contribution in [2.45, 2.75) is 37.4 Å². The number of carbonyl (C=O) groups excluding carboxylic acids is 1. The number of nitrogens with zero attached hydrogens (tertiary/aromatic N) is 1. The van der Waals surface area contributed by atoms with Gasteiger partial charge in [0, 0.05) is 0 Å². The van der Waals surface area contributed by atoms with Crippen LogP contribution in [0.3, 0.4) is 0 Å². The zero-order valence-electron chi connectivity index (χ0n) is 20.0. The Bertz CT molecular complexity index is 1290. The number of carbonyl (C=O) groups is 1. The van der Waals surface area contributed by atoms with E-state index in [0.29, 0.717) is 16.5 Å². The van der Waals surface area contributed by atoms with Crippen LogP contribution in [0.2, 0.25) is 0 Å². The molecule has 1 amide bonds. The summed E-state index contributed by atoms with van der Waals surface area (Å²) >= 11 is 0. The molecule has 0 aliphatic carbocycles. The van der Waals surface area contributed by atoms with Gasteiger partial charge in [-0.3, -0.25) is 9.10 Å². The van der Waals surface area contributed by atoms with Crippen molar-refractivity contribution >= 4 is 21.6 Å². The van der Waals surface area contributed by atoms with Crippen molar-refractivity contribution in [3.63, 3.8) is 0 Å². The summed E-state index contributed by atoms with van der Waals surface area (Å²) in [6.07, 6.45) is -4.18. The Morgan fingerprint density at radius 1 is 1.03 bits per heavy atom. The van der Waals surface area contributed by atoms with Gasteiger partial charge in [0.25, 0.3) is 10.0 Å². The molecule has 0 aromatic heterocycles. The maximum absolute atomic E-state index is 13.5. The number of methoxy groups -OCH3 is 1. The molecule has 10 heteroatoms. The van der Waals surface area contributed by atoms with Gasteiger partial charge in [-0.1, -0.05) is 42.8 Å². The topological polar surface area (TPSA) is 75.7 Å². The third kappa shape index (κ3) is 6.37. The fourth-order valence-corrected chi connectivity index (χ4v) is 5.03. The molecule has 3 aromatic carbocycles. The van der Waals surface area contributed by atoms with Crippen LogP contribution in [0.5, 0.6) is 5.75 Å². The number of hydrogen-bond donors (Lipinski definition) is 1. The van der Waals surface area contributed by atoms with Crippen molar-refractivity contribution in [1.29, 1.82) is 0 Å².